The largest absolute Gasteiger partial charge is 0.405 e. The van der Waals surface area contributed by atoms with Crippen molar-refractivity contribution in [2.75, 3.05) is 11.9 Å². The fraction of sp³-hybridized carbons (Fsp3) is 0.278. The second kappa shape index (κ2) is 9.49. The molecule has 0 heterocycles. The summed E-state index contributed by atoms with van der Waals surface area (Å²) in [5.41, 5.74) is 7.36. The lowest BCUT2D eigenvalue weighted by atomic mass is 10.1. The summed E-state index contributed by atoms with van der Waals surface area (Å²) in [6.07, 6.45) is 6.02. The van der Waals surface area contributed by atoms with Crippen LogP contribution in [0.15, 0.2) is 58.1 Å². The highest BCUT2D eigenvalue weighted by Crippen LogP contribution is 2.28. The minimum Gasteiger partial charge on any atom is -0.405 e. The standard InChI is InChI=1S/C18H20BrF2N3O2/c1-11(20)17(23-16-7-6-13(19)9-15(16)21)14(3-2-8-22)18(25)24-26-10-12-4-5-12/h2-3,6-9,12,23H,4-5,10,22H2,1H3,(H,24,25)/b8-2+,14-3+,17-11-. The van der Waals surface area contributed by atoms with Crippen LogP contribution in [-0.4, -0.2) is 12.5 Å². The summed E-state index contributed by atoms with van der Waals surface area (Å²) >= 11 is 3.15. The van der Waals surface area contributed by atoms with E-state index in [1.807, 2.05) is 0 Å². The minimum absolute atomic E-state index is 0.0227. The average molecular weight is 428 g/mol. The summed E-state index contributed by atoms with van der Waals surface area (Å²) in [7, 11) is 0. The molecule has 0 bridgehead atoms. The zero-order valence-corrected chi connectivity index (χ0v) is 15.8. The van der Waals surface area contributed by atoms with E-state index in [-0.39, 0.29) is 17.0 Å². The van der Waals surface area contributed by atoms with Gasteiger partial charge in [-0.25, -0.2) is 14.3 Å². The van der Waals surface area contributed by atoms with Gasteiger partial charge in [0.1, 0.15) is 11.6 Å². The molecule has 0 radical (unpaired) electrons. The van der Waals surface area contributed by atoms with Gasteiger partial charge in [0.15, 0.2) is 0 Å². The number of carbonyl (C=O) groups excluding carboxylic acids is 1. The van der Waals surface area contributed by atoms with Crippen LogP contribution in [0.4, 0.5) is 14.5 Å². The molecule has 1 aliphatic rings. The predicted octanol–water partition coefficient (Wildman–Crippen LogP) is 4.06. The lowest BCUT2D eigenvalue weighted by Gasteiger charge is -2.15. The second-order valence-corrected chi connectivity index (χ2v) is 6.72. The molecule has 0 aliphatic heterocycles. The minimum atomic E-state index is -0.693. The summed E-state index contributed by atoms with van der Waals surface area (Å²) in [6, 6.07) is 4.26. The molecule has 8 heteroatoms. The number of allylic oxidation sites excluding steroid dienone is 3. The van der Waals surface area contributed by atoms with Crippen molar-refractivity contribution in [2.45, 2.75) is 19.8 Å². The lowest BCUT2D eigenvalue weighted by Crippen LogP contribution is -2.28. The van der Waals surface area contributed by atoms with E-state index in [1.165, 1.54) is 30.5 Å². The van der Waals surface area contributed by atoms with Crippen molar-refractivity contribution in [1.82, 2.24) is 5.48 Å². The van der Waals surface area contributed by atoms with Gasteiger partial charge >= 0.3 is 0 Å². The van der Waals surface area contributed by atoms with Gasteiger partial charge in [-0.15, -0.1) is 0 Å². The predicted molar refractivity (Wildman–Crippen MR) is 99.8 cm³/mol. The molecule has 0 unspecified atom stereocenters. The van der Waals surface area contributed by atoms with Crippen molar-refractivity contribution in [3.63, 3.8) is 0 Å². The molecule has 26 heavy (non-hydrogen) atoms. The third kappa shape index (κ3) is 5.96. The summed E-state index contributed by atoms with van der Waals surface area (Å²) in [6.45, 7) is 1.56. The van der Waals surface area contributed by atoms with E-state index in [4.69, 9.17) is 10.6 Å². The van der Waals surface area contributed by atoms with E-state index in [1.54, 1.807) is 6.07 Å². The molecule has 0 aromatic heterocycles. The molecule has 1 amide bonds. The van der Waals surface area contributed by atoms with Crippen molar-refractivity contribution < 1.29 is 18.4 Å². The Balaban J connectivity index is 2.22. The number of anilines is 1. The van der Waals surface area contributed by atoms with Crippen LogP contribution in [0.25, 0.3) is 0 Å². The first kappa shape index (κ1) is 20.1. The van der Waals surface area contributed by atoms with Crippen LogP contribution in [0, 0.1) is 11.7 Å². The maximum Gasteiger partial charge on any atom is 0.277 e. The lowest BCUT2D eigenvalue weighted by molar-refractivity contribution is -0.129. The Labute approximate surface area is 159 Å². The molecule has 0 saturated heterocycles. The number of hydroxylamine groups is 1. The van der Waals surface area contributed by atoms with Crippen molar-refractivity contribution >= 4 is 27.5 Å². The Morgan fingerprint density at radius 3 is 2.77 bits per heavy atom. The first-order chi connectivity index (χ1) is 12.4. The van der Waals surface area contributed by atoms with Crippen LogP contribution >= 0.6 is 15.9 Å². The highest BCUT2D eigenvalue weighted by Gasteiger charge is 2.23. The molecule has 1 saturated carbocycles. The van der Waals surface area contributed by atoms with Crippen LogP contribution in [0.5, 0.6) is 0 Å². The first-order valence-electron chi connectivity index (χ1n) is 8.02. The number of hydrogen-bond acceptors (Lipinski definition) is 4. The number of carbonyl (C=O) groups is 1. The van der Waals surface area contributed by atoms with Crippen molar-refractivity contribution in [2.24, 2.45) is 11.7 Å². The average Bonchev–Trinajstić information content (AvgIpc) is 3.40. The maximum atomic E-state index is 14.1. The monoisotopic (exact) mass is 427 g/mol. The Kier molecular flexibility index (Phi) is 7.35. The van der Waals surface area contributed by atoms with Gasteiger partial charge < -0.3 is 11.1 Å². The van der Waals surface area contributed by atoms with Gasteiger partial charge in [-0.3, -0.25) is 9.63 Å². The number of nitrogens with one attached hydrogen (secondary N) is 2. The van der Waals surface area contributed by atoms with Crippen LogP contribution in [0.3, 0.4) is 0 Å². The molecule has 2 rings (SSSR count). The summed E-state index contributed by atoms with van der Waals surface area (Å²) in [4.78, 5) is 17.6. The SMILES string of the molecule is C\C(F)=C(Nc1ccc(Br)cc1F)/C(=C\C=C\N)C(=O)NOCC1CC1. The molecular weight excluding hydrogens is 408 g/mol. The Morgan fingerprint density at radius 1 is 1.46 bits per heavy atom. The Hall–Kier alpha value is -2.19. The summed E-state index contributed by atoms with van der Waals surface area (Å²) < 4.78 is 28.7. The highest BCUT2D eigenvalue weighted by atomic mass is 79.9. The Morgan fingerprint density at radius 2 is 2.19 bits per heavy atom. The van der Waals surface area contributed by atoms with Gasteiger partial charge in [0, 0.05) is 4.47 Å². The summed E-state index contributed by atoms with van der Waals surface area (Å²) in [5, 5.41) is 2.62. The molecular formula is C18H20BrF2N3O2. The number of benzene rings is 1. The van der Waals surface area contributed by atoms with E-state index in [9.17, 15) is 13.6 Å². The highest BCUT2D eigenvalue weighted by molar-refractivity contribution is 9.10. The first-order valence-corrected chi connectivity index (χ1v) is 8.81. The van der Waals surface area contributed by atoms with Crippen LogP contribution in [-0.2, 0) is 9.63 Å². The molecule has 140 valence electrons. The van der Waals surface area contributed by atoms with Crippen molar-refractivity contribution in [3.8, 4) is 0 Å². The van der Waals surface area contributed by atoms with E-state index < -0.39 is 17.6 Å². The zero-order chi connectivity index (χ0) is 19.1. The fourth-order valence-corrected chi connectivity index (χ4v) is 2.39. The fourth-order valence-electron chi connectivity index (χ4n) is 2.05. The van der Waals surface area contributed by atoms with E-state index >= 15 is 0 Å². The number of hydrogen-bond donors (Lipinski definition) is 3. The number of amides is 1. The maximum absolute atomic E-state index is 14.1. The molecule has 1 fully saturated rings. The van der Waals surface area contributed by atoms with Crippen molar-refractivity contribution in [3.05, 3.63) is 63.9 Å². The van der Waals surface area contributed by atoms with Gasteiger partial charge in [-0.2, -0.15) is 0 Å². The summed E-state index contributed by atoms with van der Waals surface area (Å²) in [5.74, 6) is -1.51. The topological polar surface area (TPSA) is 76.4 Å². The van der Waals surface area contributed by atoms with Crippen LogP contribution < -0.4 is 16.5 Å². The van der Waals surface area contributed by atoms with Gasteiger partial charge in [-0.1, -0.05) is 15.9 Å². The van der Waals surface area contributed by atoms with Crippen LogP contribution in [0.1, 0.15) is 19.8 Å². The normalized spacial score (nSPS) is 15.8. The smallest absolute Gasteiger partial charge is 0.277 e. The van der Waals surface area contributed by atoms with Gasteiger partial charge in [0.25, 0.3) is 5.91 Å². The molecule has 1 aromatic rings. The van der Waals surface area contributed by atoms with Gasteiger partial charge in [0.2, 0.25) is 0 Å². The molecule has 0 atom stereocenters. The van der Waals surface area contributed by atoms with E-state index in [0.29, 0.717) is 17.0 Å². The molecule has 5 nitrogen and oxygen atoms in total. The third-order valence-corrected chi connectivity index (χ3v) is 4.10. The van der Waals surface area contributed by atoms with Crippen LogP contribution in [0.2, 0.25) is 0 Å². The van der Waals surface area contributed by atoms with Crippen molar-refractivity contribution in [1.29, 1.82) is 0 Å². The third-order valence-electron chi connectivity index (χ3n) is 3.60. The molecule has 1 aliphatic carbocycles. The molecule has 1 aromatic carbocycles. The quantitative estimate of drug-likeness (QED) is 0.332. The van der Waals surface area contributed by atoms with Gasteiger partial charge in [-0.05, 0) is 62.2 Å². The molecule has 4 N–H and O–H groups in total. The number of nitrogens with two attached hydrogens (primary N) is 1. The second-order valence-electron chi connectivity index (χ2n) is 5.81. The number of rotatable bonds is 8. The van der Waals surface area contributed by atoms with Gasteiger partial charge in [0.05, 0.1) is 23.6 Å². The molecule has 0 spiro atoms. The van der Waals surface area contributed by atoms with E-state index in [2.05, 4.69) is 26.7 Å². The zero-order valence-electron chi connectivity index (χ0n) is 14.2. The number of halogens is 3. The Bertz CT molecular complexity index is 755. The van der Waals surface area contributed by atoms with E-state index in [0.717, 1.165) is 19.8 Å².